The number of nitrogens with zero attached hydrogens (tertiary/aromatic N) is 2. The normalized spacial score (nSPS) is 11.9. The summed E-state index contributed by atoms with van der Waals surface area (Å²) in [6.45, 7) is 0. The van der Waals surface area contributed by atoms with Crippen molar-refractivity contribution in [3.8, 4) is 22.9 Å². The molecule has 3 aromatic carbocycles. The number of nitrogens with one attached hydrogen (secondary N) is 1. The van der Waals surface area contributed by atoms with Crippen LogP contribution in [0.25, 0.3) is 27.7 Å². The lowest BCUT2D eigenvalue weighted by molar-refractivity contribution is -0.137. The van der Waals surface area contributed by atoms with E-state index in [1.807, 2.05) is 0 Å². The second-order valence-corrected chi connectivity index (χ2v) is 9.55. The topological polar surface area (TPSA) is 118 Å². The van der Waals surface area contributed by atoms with E-state index in [1.165, 1.54) is 53.1 Å². The van der Waals surface area contributed by atoms with E-state index in [0.717, 1.165) is 12.3 Å². The SMILES string of the molecule is CS(=O)(=O)Nc1ccc2cc(C(N)=O)n(-c3cccc(-c4ccc(C#N)cc4C(F)(F)F)c3)c2c1. The molecule has 1 heterocycles. The Morgan fingerprint density at radius 1 is 1.06 bits per heavy atom. The molecule has 4 aromatic rings. The second-order valence-electron chi connectivity index (χ2n) is 7.80. The van der Waals surface area contributed by atoms with Crippen molar-refractivity contribution in [2.45, 2.75) is 6.18 Å². The van der Waals surface area contributed by atoms with E-state index in [2.05, 4.69) is 4.72 Å². The van der Waals surface area contributed by atoms with Crippen LogP contribution >= 0.6 is 0 Å². The Morgan fingerprint density at radius 2 is 1.80 bits per heavy atom. The Kier molecular flexibility index (Phi) is 5.78. The van der Waals surface area contributed by atoms with Gasteiger partial charge in [0.15, 0.2) is 0 Å². The van der Waals surface area contributed by atoms with Gasteiger partial charge in [0.1, 0.15) is 5.69 Å². The third-order valence-corrected chi connectivity index (χ3v) is 5.84. The van der Waals surface area contributed by atoms with Crippen LogP contribution in [0.5, 0.6) is 0 Å². The molecule has 0 spiro atoms. The molecule has 0 aliphatic heterocycles. The number of fused-ring (bicyclic) bond motifs is 1. The smallest absolute Gasteiger partial charge is 0.364 e. The molecule has 0 aliphatic carbocycles. The van der Waals surface area contributed by atoms with Crippen molar-refractivity contribution in [3.05, 3.63) is 83.6 Å². The molecule has 0 saturated heterocycles. The minimum atomic E-state index is -4.71. The average Bonchev–Trinajstić information content (AvgIpc) is 3.16. The molecular weight excluding hydrogens is 481 g/mol. The first-order valence-corrected chi connectivity index (χ1v) is 11.9. The Hall–Kier alpha value is -4.30. The number of primary amides is 1. The van der Waals surface area contributed by atoms with Crippen LogP contribution < -0.4 is 10.5 Å². The number of aromatic nitrogens is 1. The van der Waals surface area contributed by atoms with Gasteiger partial charge in [-0.1, -0.05) is 24.3 Å². The summed E-state index contributed by atoms with van der Waals surface area (Å²) in [7, 11) is -3.58. The first-order valence-electron chi connectivity index (χ1n) is 10.0. The number of carbonyl (C=O) groups is 1. The number of rotatable bonds is 5. The Bertz CT molecular complexity index is 1630. The highest BCUT2D eigenvalue weighted by molar-refractivity contribution is 7.92. The zero-order valence-electron chi connectivity index (χ0n) is 18.1. The summed E-state index contributed by atoms with van der Waals surface area (Å²) in [4.78, 5) is 12.2. The minimum Gasteiger partial charge on any atom is -0.364 e. The highest BCUT2D eigenvalue weighted by Gasteiger charge is 2.34. The Labute approximate surface area is 198 Å². The summed E-state index contributed by atoms with van der Waals surface area (Å²) >= 11 is 0. The molecule has 1 aromatic heterocycles. The number of nitriles is 1. The van der Waals surface area contributed by atoms with Crippen LogP contribution in [0.2, 0.25) is 0 Å². The predicted octanol–water partition coefficient (Wildman–Crippen LogP) is 4.66. The van der Waals surface area contributed by atoms with Crippen molar-refractivity contribution in [1.29, 1.82) is 5.26 Å². The number of amides is 1. The first-order chi connectivity index (χ1) is 16.4. The van der Waals surface area contributed by atoms with Crippen molar-refractivity contribution < 1.29 is 26.4 Å². The van der Waals surface area contributed by atoms with Gasteiger partial charge in [0.05, 0.1) is 34.7 Å². The van der Waals surface area contributed by atoms with Gasteiger partial charge >= 0.3 is 6.18 Å². The standard InChI is InChI=1S/C24H17F3N4O3S/c1-35(33,34)30-17-7-6-16-11-22(23(29)32)31(21(16)12-17)18-4-2-3-15(10-18)19-8-5-14(13-28)9-20(19)24(25,26)27/h2-12,30H,1H3,(H2,29,32). The number of hydrogen-bond acceptors (Lipinski definition) is 4. The largest absolute Gasteiger partial charge is 0.417 e. The Morgan fingerprint density at radius 3 is 2.43 bits per heavy atom. The van der Waals surface area contributed by atoms with E-state index in [9.17, 15) is 26.4 Å². The molecule has 0 bridgehead atoms. The highest BCUT2D eigenvalue weighted by atomic mass is 32.2. The number of halogens is 3. The summed E-state index contributed by atoms with van der Waals surface area (Å²) in [6, 6.07) is 17.2. The number of alkyl halides is 3. The van der Waals surface area contributed by atoms with Gasteiger partial charge in [-0.15, -0.1) is 0 Å². The van der Waals surface area contributed by atoms with Crippen molar-refractivity contribution in [3.63, 3.8) is 0 Å². The van der Waals surface area contributed by atoms with E-state index in [0.29, 0.717) is 16.6 Å². The number of nitrogens with two attached hydrogens (primary N) is 1. The third-order valence-electron chi connectivity index (χ3n) is 5.23. The number of sulfonamides is 1. The fourth-order valence-electron chi connectivity index (χ4n) is 3.85. The van der Waals surface area contributed by atoms with Gasteiger partial charge in [-0.3, -0.25) is 9.52 Å². The van der Waals surface area contributed by atoms with Crippen LogP contribution in [0.1, 0.15) is 21.6 Å². The van der Waals surface area contributed by atoms with E-state index in [-0.39, 0.29) is 28.1 Å². The second kappa shape index (κ2) is 8.48. The van der Waals surface area contributed by atoms with Gasteiger partial charge in [-0.25, -0.2) is 8.42 Å². The van der Waals surface area contributed by atoms with Gasteiger partial charge in [0, 0.05) is 11.1 Å². The van der Waals surface area contributed by atoms with Gasteiger partial charge in [-0.2, -0.15) is 18.4 Å². The molecule has 3 N–H and O–H groups in total. The maximum Gasteiger partial charge on any atom is 0.417 e. The summed E-state index contributed by atoms with van der Waals surface area (Å²) in [6.07, 6.45) is -3.71. The molecule has 7 nitrogen and oxygen atoms in total. The summed E-state index contributed by atoms with van der Waals surface area (Å²) < 4.78 is 68.4. The zero-order chi connectivity index (χ0) is 25.5. The van der Waals surface area contributed by atoms with E-state index in [1.54, 1.807) is 18.2 Å². The van der Waals surface area contributed by atoms with E-state index < -0.39 is 27.7 Å². The highest BCUT2D eigenvalue weighted by Crippen LogP contribution is 2.38. The fourth-order valence-corrected chi connectivity index (χ4v) is 4.41. The molecule has 11 heteroatoms. The third kappa shape index (κ3) is 4.83. The lowest BCUT2D eigenvalue weighted by Crippen LogP contribution is -2.16. The molecular formula is C24H17F3N4O3S. The van der Waals surface area contributed by atoms with Crippen LogP contribution in [0.3, 0.4) is 0 Å². The number of anilines is 1. The van der Waals surface area contributed by atoms with Crippen LogP contribution in [0.15, 0.2) is 66.7 Å². The average molecular weight is 498 g/mol. The minimum absolute atomic E-state index is 0.0597. The molecule has 0 radical (unpaired) electrons. The lowest BCUT2D eigenvalue weighted by Gasteiger charge is -2.16. The molecule has 4 rings (SSSR count). The van der Waals surface area contributed by atoms with Crippen molar-refractivity contribution in [2.24, 2.45) is 5.73 Å². The summed E-state index contributed by atoms with van der Waals surface area (Å²) in [5.41, 5.74) is 5.56. The number of benzene rings is 3. The van der Waals surface area contributed by atoms with Crippen LogP contribution in [0, 0.1) is 11.3 Å². The van der Waals surface area contributed by atoms with Crippen LogP contribution in [-0.2, 0) is 16.2 Å². The summed E-state index contributed by atoms with van der Waals surface area (Å²) in [5.74, 6) is -0.779. The maximum absolute atomic E-state index is 13.8. The van der Waals surface area contributed by atoms with Crippen LogP contribution in [0.4, 0.5) is 18.9 Å². The fraction of sp³-hybridized carbons (Fsp3) is 0.0833. The molecule has 35 heavy (non-hydrogen) atoms. The van der Waals surface area contributed by atoms with E-state index >= 15 is 0 Å². The molecule has 0 aliphatic rings. The zero-order valence-corrected chi connectivity index (χ0v) is 18.9. The number of carbonyl (C=O) groups excluding carboxylic acids is 1. The molecule has 0 unspecified atom stereocenters. The lowest BCUT2D eigenvalue weighted by atomic mass is 9.97. The molecule has 0 atom stereocenters. The maximum atomic E-state index is 13.8. The van der Waals surface area contributed by atoms with Crippen molar-refractivity contribution in [1.82, 2.24) is 4.57 Å². The molecule has 1 amide bonds. The van der Waals surface area contributed by atoms with E-state index in [4.69, 9.17) is 11.0 Å². The first kappa shape index (κ1) is 23.8. The molecule has 0 fully saturated rings. The predicted molar refractivity (Wildman–Crippen MR) is 125 cm³/mol. The van der Waals surface area contributed by atoms with Crippen molar-refractivity contribution in [2.75, 3.05) is 11.0 Å². The summed E-state index contributed by atoms with van der Waals surface area (Å²) in [5, 5.41) is 9.59. The molecule has 178 valence electrons. The Balaban J connectivity index is 1.95. The quantitative estimate of drug-likeness (QED) is 0.416. The van der Waals surface area contributed by atoms with Crippen LogP contribution in [-0.4, -0.2) is 25.1 Å². The monoisotopic (exact) mass is 498 g/mol. The van der Waals surface area contributed by atoms with Gasteiger partial charge in [-0.05, 0) is 53.6 Å². The van der Waals surface area contributed by atoms with Gasteiger partial charge in [0.2, 0.25) is 10.0 Å². The van der Waals surface area contributed by atoms with Crippen molar-refractivity contribution >= 4 is 32.5 Å². The van der Waals surface area contributed by atoms with Gasteiger partial charge in [0.25, 0.3) is 5.91 Å². The van der Waals surface area contributed by atoms with Gasteiger partial charge < -0.3 is 10.3 Å². The molecule has 0 saturated carbocycles. The number of hydrogen-bond donors (Lipinski definition) is 2.